The van der Waals surface area contributed by atoms with E-state index in [9.17, 15) is 9.59 Å². The van der Waals surface area contributed by atoms with E-state index in [4.69, 9.17) is 0 Å². The van der Waals surface area contributed by atoms with Crippen molar-refractivity contribution in [3.63, 3.8) is 0 Å². The molecule has 1 aromatic carbocycles. The average Bonchev–Trinajstić information content (AvgIpc) is 3.06. The molecule has 0 radical (unpaired) electrons. The van der Waals surface area contributed by atoms with E-state index in [1.165, 1.54) is 7.11 Å². The highest BCUT2D eigenvalue weighted by Gasteiger charge is 2.16. The van der Waals surface area contributed by atoms with Gasteiger partial charge >= 0.3 is 5.97 Å². The molecule has 0 aliphatic carbocycles. The molecule has 0 N–H and O–H groups in total. The molecule has 0 saturated carbocycles. The maximum Gasteiger partial charge on any atom is 0.337 e. The lowest BCUT2D eigenvalue weighted by Crippen LogP contribution is -2.30. The predicted molar refractivity (Wildman–Crippen MR) is 87.0 cm³/mol. The zero-order chi connectivity index (χ0) is 15.9. The lowest BCUT2D eigenvalue weighted by atomic mass is 10.1. The van der Waals surface area contributed by atoms with E-state index in [1.54, 1.807) is 46.6 Å². The molecular formula is C17H17NO3S. The van der Waals surface area contributed by atoms with Crippen molar-refractivity contribution in [1.82, 2.24) is 4.90 Å². The van der Waals surface area contributed by atoms with Crippen LogP contribution in [0.2, 0.25) is 0 Å². The molecule has 0 fully saturated rings. The molecule has 1 amide bonds. The number of methoxy groups -OCH3 is 1. The van der Waals surface area contributed by atoms with Crippen LogP contribution in [0.4, 0.5) is 0 Å². The first kappa shape index (κ1) is 16.0. The van der Waals surface area contributed by atoms with Crippen molar-refractivity contribution in [2.75, 3.05) is 13.7 Å². The van der Waals surface area contributed by atoms with Gasteiger partial charge in [0.15, 0.2) is 0 Å². The van der Waals surface area contributed by atoms with E-state index < -0.39 is 5.97 Å². The van der Waals surface area contributed by atoms with Crippen LogP contribution in [0.5, 0.6) is 0 Å². The van der Waals surface area contributed by atoms with Crippen molar-refractivity contribution in [1.29, 1.82) is 0 Å². The third kappa shape index (κ3) is 3.83. The van der Waals surface area contributed by atoms with Gasteiger partial charge in [0.05, 0.1) is 19.2 Å². The molecule has 0 unspecified atom stereocenters. The summed E-state index contributed by atoms with van der Waals surface area (Å²) in [6.45, 7) is 4.71. The molecule has 2 rings (SSSR count). The summed E-state index contributed by atoms with van der Waals surface area (Å²) in [5, 5.41) is 1.98. The number of carbonyl (C=O) groups excluding carboxylic acids is 2. The number of rotatable bonds is 6. The van der Waals surface area contributed by atoms with Crippen molar-refractivity contribution >= 4 is 23.2 Å². The highest BCUT2D eigenvalue weighted by Crippen LogP contribution is 2.15. The molecule has 1 aromatic heterocycles. The molecule has 22 heavy (non-hydrogen) atoms. The van der Waals surface area contributed by atoms with Gasteiger partial charge in [0.1, 0.15) is 0 Å². The SMILES string of the molecule is C=CCN(Cc1cccs1)C(=O)c1ccc(C(=O)OC)cc1. The number of ether oxygens (including phenoxy) is 1. The minimum atomic E-state index is -0.416. The van der Waals surface area contributed by atoms with Gasteiger partial charge in [-0.2, -0.15) is 0 Å². The molecule has 1 heterocycles. The molecule has 0 bridgehead atoms. The van der Waals surface area contributed by atoms with Gasteiger partial charge in [-0.25, -0.2) is 4.79 Å². The Morgan fingerprint density at radius 1 is 1.23 bits per heavy atom. The highest BCUT2D eigenvalue weighted by atomic mass is 32.1. The fourth-order valence-corrected chi connectivity index (χ4v) is 2.73. The van der Waals surface area contributed by atoms with Crippen molar-refractivity contribution in [2.45, 2.75) is 6.54 Å². The zero-order valence-corrected chi connectivity index (χ0v) is 13.1. The van der Waals surface area contributed by atoms with Gasteiger partial charge in [-0.05, 0) is 35.7 Å². The topological polar surface area (TPSA) is 46.6 Å². The lowest BCUT2D eigenvalue weighted by Gasteiger charge is -2.20. The highest BCUT2D eigenvalue weighted by molar-refractivity contribution is 7.09. The van der Waals surface area contributed by atoms with Gasteiger partial charge in [-0.1, -0.05) is 12.1 Å². The first-order valence-corrected chi connectivity index (χ1v) is 7.64. The van der Waals surface area contributed by atoms with Gasteiger partial charge in [-0.3, -0.25) is 4.79 Å². The number of nitrogens with zero attached hydrogens (tertiary/aromatic N) is 1. The van der Waals surface area contributed by atoms with Crippen molar-refractivity contribution in [2.24, 2.45) is 0 Å². The Labute approximate surface area is 133 Å². The quantitative estimate of drug-likeness (QED) is 0.606. The number of hydrogen-bond acceptors (Lipinski definition) is 4. The summed E-state index contributed by atoms with van der Waals surface area (Å²) in [6.07, 6.45) is 1.70. The van der Waals surface area contributed by atoms with Crippen LogP contribution in [0.1, 0.15) is 25.6 Å². The van der Waals surface area contributed by atoms with Gasteiger partial charge in [-0.15, -0.1) is 17.9 Å². The fraction of sp³-hybridized carbons (Fsp3) is 0.176. The predicted octanol–water partition coefficient (Wildman–Crippen LogP) is 3.36. The second kappa shape index (κ2) is 7.56. The Hall–Kier alpha value is -2.40. The van der Waals surface area contributed by atoms with Gasteiger partial charge < -0.3 is 9.64 Å². The molecule has 5 heteroatoms. The van der Waals surface area contributed by atoms with Crippen LogP contribution in [-0.4, -0.2) is 30.4 Å². The van der Waals surface area contributed by atoms with E-state index in [-0.39, 0.29) is 5.91 Å². The first-order valence-electron chi connectivity index (χ1n) is 6.76. The maximum absolute atomic E-state index is 12.6. The molecule has 2 aromatic rings. The Balaban J connectivity index is 2.15. The summed E-state index contributed by atoms with van der Waals surface area (Å²) >= 11 is 1.61. The van der Waals surface area contributed by atoms with Crippen molar-refractivity contribution < 1.29 is 14.3 Å². The monoisotopic (exact) mass is 315 g/mol. The minimum Gasteiger partial charge on any atom is -0.465 e. The van der Waals surface area contributed by atoms with E-state index in [0.717, 1.165) is 4.88 Å². The van der Waals surface area contributed by atoms with Crippen LogP contribution in [0, 0.1) is 0 Å². The Kier molecular flexibility index (Phi) is 5.49. The van der Waals surface area contributed by atoms with Crippen LogP contribution >= 0.6 is 11.3 Å². The van der Waals surface area contributed by atoms with Crippen LogP contribution in [0.25, 0.3) is 0 Å². The number of hydrogen-bond donors (Lipinski definition) is 0. The Morgan fingerprint density at radius 2 is 1.91 bits per heavy atom. The molecular weight excluding hydrogens is 298 g/mol. The average molecular weight is 315 g/mol. The third-order valence-electron chi connectivity index (χ3n) is 3.12. The second-order valence-electron chi connectivity index (χ2n) is 4.62. The van der Waals surface area contributed by atoms with Crippen molar-refractivity contribution in [3.05, 3.63) is 70.4 Å². The molecule has 0 atom stereocenters. The van der Waals surface area contributed by atoms with E-state index in [2.05, 4.69) is 11.3 Å². The summed E-state index contributed by atoms with van der Waals surface area (Å²) in [6, 6.07) is 10.4. The number of carbonyl (C=O) groups is 2. The Morgan fingerprint density at radius 3 is 2.45 bits per heavy atom. The minimum absolute atomic E-state index is 0.0929. The Bertz CT molecular complexity index is 647. The van der Waals surface area contributed by atoms with Gasteiger partial charge in [0, 0.05) is 17.0 Å². The summed E-state index contributed by atoms with van der Waals surface area (Å²) in [5.41, 5.74) is 0.957. The number of benzene rings is 1. The molecule has 0 saturated heterocycles. The molecule has 114 valence electrons. The fourth-order valence-electron chi connectivity index (χ4n) is 2.02. The van der Waals surface area contributed by atoms with Crippen LogP contribution < -0.4 is 0 Å². The van der Waals surface area contributed by atoms with Crippen LogP contribution in [0.15, 0.2) is 54.4 Å². The third-order valence-corrected chi connectivity index (χ3v) is 3.98. The van der Waals surface area contributed by atoms with Gasteiger partial charge in [0.25, 0.3) is 5.91 Å². The standard InChI is InChI=1S/C17H17NO3S/c1-3-10-18(12-15-5-4-11-22-15)16(19)13-6-8-14(9-7-13)17(20)21-2/h3-9,11H,1,10,12H2,2H3. The van der Waals surface area contributed by atoms with Crippen LogP contribution in [0.3, 0.4) is 0 Å². The van der Waals surface area contributed by atoms with E-state index in [1.807, 2.05) is 17.5 Å². The largest absolute Gasteiger partial charge is 0.465 e. The van der Waals surface area contributed by atoms with E-state index in [0.29, 0.717) is 24.2 Å². The normalized spacial score (nSPS) is 10.0. The van der Waals surface area contributed by atoms with Crippen molar-refractivity contribution in [3.8, 4) is 0 Å². The number of thiophene rings is 1. The molecule has 0 aliphatic heterocycles. The summed E-state index contributed by atoms with van der Waals surface area (Å²) < 4.78 is 4.65. The number of esters is 1. The lowest BCUT2D eigenvalue weighted by molar-refractivity contribution is 0.0600. The zero-order valence-electron chi connectivity index (χ0n) is 12.3. The maximum atomic E-state index is 12.6. The summed E-state index contributed by atoms with van der Waals surface area (Å²) in [5.74, 6) is -0.509. The summed E-state index contributed by atoms with van der Waals surface area (Å²) in [4.78, 5) is 26.8. The van der Waals surface area contributed by atoms with Gasteiger partial charge in [0.2, 0.25) is 0 Å². The number of amides is 1. The second-order valence-corrected chi connectivity index (χ2v) is 5.65. The molecule has 0 aliphatic rings. The molecule has 0 spiro atoms. The first-order chi connectivity index (χ1) is 10.7. The smallest absolute Gasteiger partial charge is 0.337 e. The van der Waals surface area contributed by atoms with E-state index >= 15 is 0 Å². The van der Waals surface area contributed by atoms with Crippen LogP contribution in [-0.2, 0) is 11.3 Å². The molecule has 4 nitrogen and oxygen atoms in total. The summed E-state index contributed by atoms with van der Waals surface area (Å²) in [7, 11) is 1.33.